The first kappa shape index (κ1) is 35.4. The van der Waals surface area contributed by atoms with E-state index < -0.39 is 0 Å². The van der Waals surface area contributed by atoms with Crippen LogP contribution < -0.4 is 5.32 Å². The first-order valence-electron chi connectivity index (χ1n) is 15.4. The van der Waals surface area contributed by atoms with Gasteiger partial charge >= 0.3 is 0 Å². The van der Waals surface area contributed by atoms with Crippen molar-refractivity contribution in [3.05, 3.63) is 105 Å². The molecule has 0 radical (unpaired) electrons. The number of hydrogen-bond donors (Lipinski definition) is 1. The summed E-state index contributed by atoms with van der Waals surface area (Å²) < 4.78 is 0. The number of aryl methyl sites for hydroxylation is 2. The summed E-state index contributed by atoms with van der Waals surface area (Å²) >= 11 is 12.7. The molecule has 0 aromatic heterocycles. The van der Waals surface area contributed by atoms with Crippen molar-refractivity contribution in [3.63, 3.8) is 0 Å². The summed E-state index contributed by atoms with van der Waals surface area (Å²) in [5.41, 5.74) is 4.95. The molecular formula is C35H44BrCl2N5O2. The molecule has 0 bridgehead atoms. The summed E-state index contributed by atoms with van der Waals surface area (Å²) in [4.78, 5) is 35.9. The van der Waals surface area contributed by atoms with Crippen molar-refractivity contribution in [3.8, 4) is 0 Å². The zero-order valence-electron chi connectivity index (χ0n) is 26.5. The lowest BCUT2D eigenvalue weighted by atomic mass is 9.99. The summed E-state index contributed by atoms with van der Waals surface area (Å²) in [5, 5.41) is 4.48. The molecule has 242 valence electrons. The fourth-order valence-corrected chi connectivity index (χ4v) is 6.91. The quantitative estimate of drug-likeness (QED) is 0.294. The molecule has 0 aliphatic carbocycles. The number of benzene rings is 3. The van der Waals surface area contributed by atoms with Crippen molar-refractivity contribution in [2.75, 3.05) is 46.8 Å². The van der Waals surface area contributed by atoms with Crippen molar-refractivity contribution in [2.45, 2.75) is 51.5 Å². The molecule has 2 amide bonds. The maximum absolute atomic E-state index is 13.8. The average molecular weight is 718 g/mol. The molecule has 1 N–H and O–H groups in total. The van der Waals surface area contributed by atoms with E-state index in [4.69, 9.17) is 23.2 Å². The van der Waals surface area contributed by atoms with Crippen molar-refractivity contribution < 1.29 is 9.59 Å². The Morgan fingerprint density at radius 1 is 0.911 bits per heavy atom. The molecule has 2 aliphatic heterocycles. The van der Waals surface area contributed by atoms with E-state index in [1.54, 1.807) is 6.07 Å². The summed E-state index contributed by atoms with van der Waals surface area (Å²) in [6.07, 6.45) is 2.18. The fraction of sp³-hybridized carbons (Fsp3) is 0.429. The van der Waals surface area contributed by atoms with Gasteiger partial charge in [0, 0.05) is 44.3 Å². The molecule has 45 heavy (non-hydrogen) atoms. The van der Waals surface area contributed by atoms with E-state index in [0.29, 0.717) is 35.2 Å². The molecule has 5 rings (SSSR count). The van der Waals surface area contributed by atoms with E-state index >= 15 is 0 Å². The Morgan fingerprint density at radius 2 is 1.62 bits per heavy atom. The van der Waals surface area contributed by atoms with Crippen LogP contribution in [0.25, 0.3) is 0 Å². The smallest absolute Gasteiger partial charge is 0.254 e. The van der Waals surface area contributed by atoms with Gasteiger partial charge in [0.05, 0.1) is 28.8 Å². The van der Waals surface area contributed by atoms with Crippen LogP contribution in [0, 0.1) is 13.8 Å². The number of amides is 2. The second-order valence-electron chi connectivity index (χ2n) is 12.4. The number of piperazine rings is 1. The van der Waals surface area contributed by atoms with Gasteiger partial charge in [-0.05, 0) is 76.2 Å². The van der Waals surface area contributed by atoms with Crippen LogP contribution in [0.15, 0.2) is 66.7 Å². The number of rotatable bonds is 8. The van der Waals surface area contributed by atoms with Gasteiger partial charge in [-0.25, -0.2) is 0 Å². The molecule has 10 heteroatoms. The predicted octanol–water partition coefficient (Wildman–Crippen LogP) is 6.36. The van der Waals surface area contributed by atoms with Crippen molar-refractivity contribution >= 4 is 52.0 Å². The van der Waals surface area contributed by atoms with E-state index in [9.17, 15) is 9.59 Å². The SMILES string of the molecule is Br.Cc1cc(C)cc(C(=O)N2CCN(C(=O)CNC3CCN(Cc4ccccc4)C(N(C)C)C3)C(c3ccc(Cl)c(Cl)c3)C2)c1. The van der Waals surface area contributed by atoms with Crippen LogP contribution >= 0.6 is 40.2 Å². The highest BCUT2D eigenvalue weighted by Crippen LogP contribution is 2.32. The Morgan fingerprint density at radius 3 is 2.29 bits per heavy atom. The number of nitrogens with one attached hydrogen (secondary N) is 1. The minimum atomic E-state index is -0.329. The maximum atomic E-state index is 13.8. The fourth-order valence-electron chi connectivity index (χ4n) is 6.60. The monoisotopic (exact) mass is 715 g/mol. The average Bonchev–Trinajstić information content (AvgIpc) is 3.01. The summed E-state index contributed by atoms with van der Waals surface area (Å²) in [5.74, 6) is -0.00300. The topological polar surface area (TPSA) is 59.1 Å². The molecule has 2 aliphatic rings. The van der Waals surface area contributed by atoms with E-state index in [1.165, 1.54) is 5.56 Å². The first-order chi connectivity index (χ1) is 21.1. The van der Waals surface area contributed by atoms with Crippen molar-refractivity contribution in [1.82, 2.24) is 24.9 Å². The normalized spacial score (nSPS) is 20.6. The zero-order valence-corrected chi connectivity index (χ0v) is 29.7. The highest BCUT2D eigenvalue weighted by atomic mass is 79.9. The van der Waals surface area contributed by atoms with Crippen LogP contribution in [0.1, 0.15) is 51.5 Å². The number of carbonyl (C=O) groups excluding carboxylic acids is 2. The van der Waals surface area contributed by atoms with Gasteiger partial charge in [0.2, 0.25) is 5.91 Å². The summed E-state index contributed by atoms with van der Waals surface area (Å²) in [7, 11) is 4.24. The van der Waals surface area contributed by atoms with Gasteiger partial charge in [0.1, 0.15) is 0 Å². The van der Waals surface area contributed by atoms with Gasteiger partial charge in [-0.1, -0.05) is 76.8 Å². The molecule has 3 unspecified atom stereocenters. The second-order valence-corrected chi connectivity index (χ2v) is 13.2. The van der Waals surface area contributed by atoms with E-state index in [1.807, 2.05) is 47.9 Å². The molecule has 0 saturated carbocycles. The Kier molecular flexibility index (Phi) is 12.5. The van der Waals surface area contributed by atoms with E-state index in [-0.39, 0.29) is 53.6 Å². The van der Waals surface area contributed by atoms with Gasteiger partial charge in [-0.3, -0.25) is 19.4 Å². The Balaban J connectivity index is 0.00000461. The predicted molar refractivity (Wildman–Crippen MR) is 188 cm³/mol. The Bertz CT molecular complexity index is 1450. The van der Waals surface area contributed by atoms with Crippen LogP contribution in [0.4, 0.5) is 0 Å². The van der Waals surface area contributed by atoms with Crippen molar-refractivity contribution in [2.24, 2.45) is 0 Å². The standard InChI is InChI=1S/C35H43Cl2N5O2.BrH/c1-24-16-25(2)18-28(17-24)35(44)41-14-15-42(32(23-41)27-10-11-30(36)31(37)19-27)34(43)21-38-29-12-13-40(33(20-29)39(3)4)22-26-8-6-5-7-9-26;/h5-11,16-19,29,32-33,38H,12-15,20-23H2,1-4H3;1H. The van der Waals surface area contributed by atoms with Gasteiger partial charge in [-0.15, -0.1) is 17.0 Å². The molecule has 3 atom stereocenters. The third-order valence-electron chi connectivity index (χ3n) is 8.83. The van der Waals surface area contributed by atoms with E-state index in [2.05, 4.69) is 65.6 Å². The third kappa shape index (κ3) is 8.88. The molecule has 2 saturated heterocycles. The number of hydrogen-bond acceptors (Lipinski definition) is 5. The van der Waals surface area contributed by atoms with Gasteiger partial charge in [-0.2, -0.15) is 0 Å². The van der Waals surface area contributed by atoms with Gasteiger partial charge < -0.3 is 15.1 Å². The van der Waals surface area contributed by atoms with Crippen LogP contribution in [-0.2, 0) is 11.3 Å². The van der Waals surface area contributed by atoms with Gasteiger partial charge in [0.25, 0.3) is 5.91 Å². The number of piperidine rings is 1. The third-order valence-corrected chi connectivity index (χ3v) is 9.57. The molecule has 3 aromatic carbocycles. The molecule has 2 fully saturated rings. The molecule has 2 heterocycles. The highest BCUT2D eigenvalue weighted by Gasteiger charge is 2.35. The minimum absolute atomic E-state index is 0. The summed E-state index contributed by atoms with van der Waals surface area (Å²) in [6, 6.07) is 21.9. The van der Waals surface area contributed by atoms with Crippen LogP contribution in [0.2, 0.25) is 10.0 Å². The maximum Gasteiger partial charge on any atom is 0.254 e. The lowest BCUT2D eigenvalue weighted by Gasteiger charge is -2.44. The first-order valence-corrected chi connectivity index (χ1v) is 16.1. The molecule has 0 spiro atoms. The largest absolute Gasteiger partial charge is 0.334 e. The van der Waals surface area contributed by atoms with Crippen LogP contribution in [0.3, 0.4) is 0 Å². The zero-order chi connectivity index (χ0) is 31.4. The van der Waals surface area contributed by atoms with Crippen LogP contribution in [0.5, 0.6) is 0 Å². The number of nitrogens with zero attached hydrogens (tertiary/aromatic N) is 4. The molecule has 3 aromatic rings. The molecule has 7 nitrogen and oxygen atoms in total. The number of likely N-dealkylation sites (tertiary alicyclic amines) is 1. The lowest BCUT2D eigenvalue weighted by Crippen LogP contribution is -2.56. The van der Waals surface area contributed by atoms with Crippen LogP contribution in [-0.4, -0.2) is 90.4 Å². The molecular weight excluding hydrogens is 673 g/mol. The van der Waals surface area contributed by atoms with Gasteiger partial charge in [0.15, 0.2) is 0 Å². The van der Waals surface area contributed by atoms with E-state index in [0.717, 1.165) is 42.6 Å². The number of carbonyl (C=O) groups is 2. The highest BCUT2D eigenvalue weighted by molar-refractivity contribution is 8.93. The summed E-state index contributed by atoms with van der Waals surface area (Å²) in [6.45, 7) is 7.40. The number of halogens is 3. The second kappa shape index (κ2) is 15.9. The Hall–Kier alpha value is -2.46. The van der Waals surface area contributed by atoms with Crippen molar-refractivity contribution in [1.29, 1.82) is 0 Å². The lowest BCUT2D eigenvalue weighted by molar-refractivity contribution is -0.135. The minimum Gasteiger partial charge on any atom is -0.334 e. The Labute approximate surface area is 288 Å².